The van der Waals surface area contributed by atoms with E-state index in [2.05, 4.69) is 35.1 Å². The van der Waals surface area contributed by atoms with Gasteiger partial charge in [-0.15, -0.1) is 0 Å². The number of hydrogen-bond acceptors (Lipinski definition) is 3. The molecule has 0 amide bonds. The summed E-state index contributed by atoms with van der Waals surface area (Å²) in [4.78, 5) is 6.86. The first kappa shape index (κ1) is 13.6. The molecule has 4 heteroatoms. The van der Waals surface area contributed by atoms with Crippen LogP contribution >= 0.6 is 11.6 Å². The molecule has 1 aromatic heterocycles. The number of pyridine rings is 1. The molecule has 2 heterocycles. The first-order chi connectivity index (χ1) is 8.60. The van der Waals surface area contributed by atoms with E-state index in [1.807, 2.05) is 7.05 Å². The minimum atomic E-state index is 0.735. The van der Waals surface area contributed by atoms with Crippen LogP contribution < -0.4 is 10.2 Å². The lowest BCUT2D eigenvalue weighted by Crippen LogP contribution is -2.39. The Morgan fingerprint density at radius 3 is 2.67 bits per heavy atom. The zero-order valence-corrected chi connectivity index (χ0v) is 12.2. The molecule has 0 aliphatic carbocycles. The molecule has 100 valence electrons. The van der Waals surface area contributed by atoms with Crippen LogP contribution in [0, 0.1) is 11.8 Å². The molecule has 1 saturated heterocycles. The van der Waals surface area contributed by atoms with Crippen molar-refractivity contribution in [3.8, 4) is 0 Å². The van der Waals surface area contributed by atoms with Gasteiger partial charge in [-0.25, -0.2) is 4.98 Å². The van der Waals surface area contributed by atoms with Crippen molar-refractivity contribution >= 4 is 17.4 Å². The van der Waals surface area contributed by atoms with E-state index >= 15 is 0 Å². The average molecular weight is 268 g/mol. The molecule has 0 bridgehead atoms. The quantitative estimate of drug-likeness (QED) is 0.913. The summed E-state index contributed by atoms with van der Waals surface area (Å²) in [5.74, 6) is 2.53. The zero-order chi connectivity index (χ0) is 13.1. The van der Waals surface area contributed by atoms with Crippen LogP contribution in [0.2, 0.25) is 5.02 Å². The third-order valence-corrected chi connectivity index (χ3v) is 3.82. The fourth-order valence-electron chi connectivity index (χ4n) is 2.82. The molecule has 1 aliphatic heterocycles. The van der Waals surface area contributed by atoms with Crippen molar-refractivity contribution in [3.63, 3.8) is 0 Å². The molecule has 3 nitrogen and oxygen atoms in total. The molecule has 0 saturated carbocycles. The van der Waals surface area contributed by atoms with E-state index in [0.717, 1.165) is 47.9 Å². The molecule has 1 aliphatic rings. The maximum Gasteiger partial charge on any atom is 0.128 e. The van der Waals surface area contributed by atoms with Gasteiger partial charge >= 0.3 is 0 Å². The van der Waals surface area contributed by atoms with Gasteiger partial charge in [0.15, 0.2) is 0 Å². The van der Waals surface area contributed by atoms with E-state index in [9.17, 15) is 0 Å². The van der Waals surface area contributed by atoms with Crippen LogP contribution in [0.1, 0.15) is 25.8 Å². The minimum Gasteiger partial charge on any atom is -0.356 e. The Bertz CT molecular complexity index is 398. The van der Waals surface area contributed by atoms with Crippen molar-refractivity contribution in [2.75, 3.05) is 25.0 Å². The number of rotatable bonds is 3. The Morgan fingerprint density at radius 1 is 1.39 bits per heavy atom. The first-order valence-corrected chi connectivity index (χ1v) is 7.02. The molecule has 2 rings (SSSR count). The van der Waals surface area contributed by atoms with Gasteiger partial charge in [-0.05, 0) is 36.9 Å². The number of hydrogen-bond donors (Lipinski definition) is 1. The van der Waals surface area contributed by atoms with Gasteiger partial charge in [0.2, 0.25) is 0 Å². The van der Waals surface area contributed by atoms with Crippen molar-refractivity contribution in [3.05, 3.63) is 22.8 Å². The van der Waals surface area contributed by atoms with Gasteiger partial charge < -0.3 is 10.2 Å². The summed E-state index contributed by atoms with van der Waals surface area (Å²) >= 11 is 6.15. The minimum absolute atomic E-state index is 0.735. The van der Waals surface area contributed by atoms with Gasteiger partial charge in [0.05, 0.1) is 5.02 Å². The van der Waals surface area contributed by atoms with Crippen LogP contribution in [0.3, 0.4) is 0 Å². The fraction of sp³-hybridized carbons (Fsp3) is 0.643. The predicted octanol–water partition coefficient (Wildman–Crippen LogP) is 2.94. The molecule has 0 spiro atoms. The van der Waals surface area contributed by atoms with Gasteiger partial charge in [0.1, 0.15) is 5.82 Å². The van der Waals surface area contributed by atoms with Crippen LogP contribution in [0.5, 0.6) is 0 Å². The smallest absolute Gasteiger partial charge is 0.128 e. The number of nitrogens with zero attached hydrogens (tertiary/aromatic N) is 2. The van der Waals surface area contributed by atoms with Crippen molar-refractivity contribution in [1.82, 2.24) is 10.3 Å². The summed E-state index contributed by atoms with van der Waals surface area (Å²) in [6, 6.07) is 2.11. The molecule has 0 radical (unpaired) electrons. The van der Waals surface area contributed by atoms with Gasteiger partial charge in [-0.2, -0.15) is 0 Å². The Hall–Kier alpha value is -0.800. The van der Waals surface area contributed by atoms with Crippen molar-refractivity contribution < 1.29 is 0 Å². The topological polar surface area (TPSA) is 28.2 Å². The lowest BCUT2D eigenvalue weighted by molar-refractivity contribution is 0.355. The third-order valence-electron chi connectivity index (χ3n) is 3.48. The normalized spacial score (nSPS) is 24.3. The summed E-state index contributed by atoms with van der Waals surface area (Å²) in [6.07, 6.45) is 3.08. The molecule has 1 aromatic rings. The van der Waals surface area contributed by atoms with Crippen LogP contribution in [0.4, 0.5) is 5.82 Å². The number of aromatic nitrogens is 1. The first-order valence-electron chi connectivity index (χ1n) is 6.64. The summed E-state index contributed by atoms with van der Waals surface area (Å²) in [5.41, 5.74) is 1.12. The molecule has 1 fully saturated rings. The SMILES string of the molecule is CNCc1cc(N2CC(C)CC(C)C2)ncc1Cl. The summed E-state index contributed by atoms with van der Waals surface area (Å²) in [6.45, 7) is 7.60. The van der Waals surface area contributed by atoms with Crippen LogP contribution in [-0.4, -0.2) is 25.1 Å². The molecular formula is C14H22ClN3. The highest BCUT2D eigenvalue weighted by molar-refractivity contribution is 6.31. The number of nitrogens with one attached hydrogen (secondary N) is 1. The van der Waals surface area contributed by atoms with E-state index in [0.29, 0.717) is 0 Å². The number of halogens is 1. The van der Waals surface area contributed by atoms with Gasteiger partial charge in [-0.1, -0.05) is 25.4 Å². The Balaban J connectivity index is 2.19. The van der Waals surface area contributed by atoms with Crippen molar-refractivity contribution in [2.45, 2.75) is 26.8 Å². The van der Waals surface area contributed by atoms with E-state index < -0.39 is 0 Å². The molecule has 2 atom stereocenters. The largest absolute Gasteiger partial charge is 0.356 e. The standard InChI is InChI=1S/C14H22ClN3/c1-10-4-11(2)9-18(8-10)14-5-12(6-16-3)13(15)7-17-14/h5,7,10-11,16H,4,6,8-9H2,1-3H3. The number of piperidine rings is 1. The van der Waals surface area contributed by atoms with E-state index in [4.69, 9.17) is 11.6 Å². The van der Waals surface area contributed by atoms with E-state index in [1.54, 1.807) is 6.20 Å². The van der Waals surface area contributed by atoms with Crippen LogP contribution in [0.15, 0.2) is 12.3 Å². The zero-order valence-electron chi connectivity index (χ0n) is 11.4. The maximum absolute atomic E-state index is 6.15. The Morgan fingerprint density at radius 2 is 2.06 bits per heavy atom. The molecular weight excluding hydrogens is 246 g/mol. The fourth-order valence-corrected chi connectivity index (χ4v) is 2.99. The lowest BCUT2D eigenvalue weighted by Gasteiger charge is -2.36. The number of anilines is 1. The maximum atomic E-state index is 6.15. The molecule has 18 heavy (non-hydrogen) atoms. The van der Waals surface area contributed by atoms with Crippen molar-refractivity contribution in [1.29, 1.82) is 0 Å². The Kier molecular flexibility index (Phi) is 4.46. The molecule has 2 unspecified atom stereocenters. The van der Waals surface area contributed by atoms with E-state index in [1.165, 1.54) is 6.42 Å². The summed E-state index contributed by atoms with van der Waals surface area (Å²) < 4.78 is 0. The van der Waals surface area contributed by atoms with Gasteiger partial charge in [0.25, 0.3) is 0 Å². The highest BCUT2D eigenvalue weighted by Crippen LogP contribution is 2.27. The predicted molar refractivity (Wildman–Crippen MR) is 77.2 cm³/mol. The van der Waals surface area contributed by atoms with E-state index in [-0.39, 0.29) is 0 Å². The molecule has 1 N–H and O–H groups in total. The lowest BCUT2D eigenvalue weighted by atomic mass is 9.92. The van der Waals surface area contributed by atoms with Crippen molar-refractivity contribution in [2.24, 2.45) is 11.8 Å². The Labute approximate surface area is 115 Å². The monoisotopic (exact) mass is 267 g/mol. The second-order valence-electron chi connectivity index (χ2n) is 5.52. The summed E-state index contributed by atoms with van der Waals surface area (Å²) in [5, 5.41) is 3.88. The van der Waals surface area contributed by atoms with Gasteiger partial charge in [0, 0.05) is 25.8 Å². The highest BCUT2D eigenvalue weighted by Gasteiger charge is 2.23. The average Bonchev–Trinajstić information content (AvgIpc) is 2.31. The highest BCUT2D eigenvalue weighted by atomic mass is 35.5. The second-order valence-corrected chi connectivity index (χ2v) is 5.92. The molecule has 0 aromatic carbocycles. The van der Waals surface area contributed by atoms with Crippen LogP contribution in [0.25, 0.3) is 0 Å². The third kappa shape index (κ3) is 3.15. The summed E-state index contributed by atoms with van der Waals surface area (Å²) in [7, 11) is 1.93. The van der Waals surface area contributed by atoms with Crippen LogP contribution in [-0.2, 0) is 6.54 Å². The second kappa shape index (κ2) is 5.89. The van der Waals surface area contributed by atoms with Gasteiger partial charge in [-0.3, -0.25) is 0 Å².